The van der Waals surface area contributed by atoms with Gasteiger partial charge in [-0.25, -0.2) is 9.79 Å². The monoisotopic (exact) mass is 317 g/mol. The van der Waals surface area contributed by atoms with E-state index < -0.39 is 5.97 Å². The van der Waals surface area contributed by atoms with E-state index in [2.05, 4.69) is 20.9 Å². The van der Waals surface area contributed by atoms with Gasteiger partial charge in [-0.1, -0.05) is 34.1 Å². The highest BCUT2D eigenvalue weighted by molar-refractivity contribution is 9.10. The Morgan fingerprint density at radius 1 is 1.16 bits per heavy atom. The number of ether oxygens (including phenoxy) is 1. The number of aliphatic imine (C=N–C) groups is 1. The molecule has 1 aromatic heterocycles. The van der Waals surface area contributed by atoms with Crippen LogP contribution in [0.25, 0.3) is 6.08 Å². The van der Waals surface area contributed by atoms with Crippen LogP contribution in [0.3, 0.4) is 0 Å². The standard InChI is InChI=1S/C14H8BrNO3/c15-10-5-2-1-4-9(10)8-11-14(17)19-13(16-11)12-6-3-7-18-12/h1-8H/b11-8-. The third-order valence-electron chi connectivity index (χ3n) is 2.55. The molecule has 0 unspecified atom stereocenters. The summed E-state index contributed by atoms with van der Waals surface area (Å²) in [7, 11) is 0. The third-order valence-corrected chi connectivity index (χ3v) is 3.27. The zero-order chi connectivity index (χ0) is 13.2. The Labute approximate surface area is 117 Å². The van der Waals surface area contributed by atoms with Crippen LogP contribution in [0.1, 0.15) is 11.3 Å². The Morgan fingerprint density at radius 3 is 2.74 bits per heavy atom. The van der Waals surface area contributed by atoms with Crippen molar-refractivity contribution in [2.75, 3.05) is 0 Å². The van der Waals surface area contributed by atoms with Gasteiger partial charge in [-0.05, 0) is 29.8 Å². The molecule has 4 nitrogen and oxygen atoms in total. The van der Waals surface area contributed by atoms with Crippen LogP contribution in [0.2, 0.25) is 0 Å². The van der Waals surface area contributed by atoms with E-state index in [9.17, 15) is 4.79 Å². The number of carbonyl (C=O) groups is 1. The van der Waals surface area contributed by atoms with Crippen LogP contribution in [0, 0.1) is 0 Å². The normalized spacial score (nSPS) is 16.6. The van der Waals surface area contributed by atoms with Crippen LogP contribution in [0.15, 0.2) is 62.2 Å². The molecule has 0 radical (unpaired) electrons. The average molecular weight is 318 g/mol. The molecule has 1 aromatic carbocycles. The second-order valence-electron chi connectivity index (χ2n) is 3.83. The second kappa shape index (κ2) is 4.85. The fraction of sp³-hybridized carbons (Fsp3) is 0. The summed E-state index contributed by atoms with van der Waals surface area (Å²) in [5, 5.41) is 0. The lowest BCUT2D eigenvalue weighted by Gasteiger charge is -1.96. The lowest BCUT2D eigenvalue weighted by atomic mass is 10.2. The summed E-state index contributed by atoms with van der Waals surface area (Å²) < 4.78 is 11.1. The average Bonchev–Trinajstić information content (AvgIpc) is 3.02. The quantitative estimate of drug-likeness (QED) is 0.630. The molecular formula is C14H8BrNO3. The number of hydrogen-bond donors (Lipinski definition) is 0. The van der Waals surface area contributed by atoms with Gasteiger partial charge < -0.3 is 9.15 Å². The van der Waals surface area contributed by atoms with Crippen molar-refractivity contribution >= 4 is 33.9 Å². The molecule has 19 heavy (non-hydrogen) atoms. The number of hydrogen-bond acceptors (Lipinski definition) is 4. The van der Waals surface area contributed by atoms with Crippen molar-refractivity contribution in [2.24, 2.45) is 4.99 Å². The fourth-order valence-electron chi connectivity index (χ4n) is 1.65. The molecule has 94 valence electrons. The second-order valence-corrected chi connectivity index (χ2v) is 4.69. The molecular weight excluding hydrogens is 310 g/mol. The van der Waals surface area contributed by atoms with E-state index in [1.54, 1.807) is 18.2 Å². The third kappa shape index (κ3) is 2.37. The van der Waals surface area contributed by atoms with Gasteiger partial charge in [0.1, 0.15) is 0 Å². The number of halogens is 1. The Kier molecular flexibility index (Phi) is 3.05. The Morgan fingerprint density at radius 2 is 2.00 bits per heavy atom. The van der Waals surface area contributed by atoms with Crippen LogP contribution in [0.4, 0.5) is 0 Å². The van der Waals surface area contributed by atoms with E-state index in [1.165, 1.54) is 6.26 Å². The van der Waals surface area contributed by atoms with Gasteiger partial charge in [0.2, 0.25) is 0 Å². The van der Waals surface area contributed by atoms with Crippen molar-refractivity contribution in [1.82, 2.24) is 0 Å². The van der Waals surface area contributed by atoms with E-state index in [0.29, 0.717) is 5.76 Å². The molecule has 0 bridgehead atoms. The fourth-order valence-corrected chi connectivity index (χ4v) is 2.05. The van der Waals surface area contributed by atoms with Crippen molar-refractivity contribution in [3.8, 4) is 0 Å². The number of carbonyl (C=O) groups excluding carboxylic acids is 1. The van der Waals surface area contributed by atoms with Crippen molar-refractivity contribution in [2.45, 2.75) is 0 Å². The van der Waals surface area contributed by atoms with Crippen molar-refractivity contribution in [3.05, 3.63) is 64.2 Å². The van der Waals surface area contributed by atoms with Gasteiger partial charge in [-0.2, -0.15) is 0 Å². The summed E-state index contributed by atoms with van der Waals surface area (Å²) >= 11 is 3.41. The molecule has 2 heterocycles. The smallest absolute Gasteiger partial charge is 0.363 e. The van der Waals surface area contributed by atoms with Gasteiger partial charge in [0.05, 0.1) is 6.26 Å². The van der Waals surface area contributed by atoms with Crippen LogP contribution in [-0.2, 0) is 9.53 Å². The van der Waals surface area contributed by atoms with Gasteiger partial charge in [0.25, 0.3) is 5.90 Å². The molecule has 3 rings (SSSR count). The van der Waals surface area contributed by atoms with E-state index in [1.807, 2.05) is 24.3 Å². The van der Waals surface area contributed by atoms with Crippen LogP contribution >= 0.6 is 15.9 Å². The lowest BCUT2D eigenvalue weighted by molar-refractivity contribution is -0.130. The van der Waals surface area contributed by atoms with Gasteiger partial charge >= 0.3 is 5.97 Å². The highest BCUT2D eigenvalue weighted by Gasteiger charge is 2.25. The summed E-state index contributed by atoms with van der Waals surface area (Å²) in [4.78, 5) is 15.9. The van der Waals surface area contributed by atoms with Crippen LogP contribution < -0.4 is 0 Å². The summed E-state index contributed by atoms with van der Waals surface area (Å²) in [6.45, 7) is 0. The number of furan rings is 1. The van der Waals surface area contributed by atoms with Crippen LogP contribution in [-0.4, -0.2) is 11.9 Å². The van der Waals surface area contributed by atoms with E-state index >= 15 is 0 Å². The number of nitrogens with zero attached hydrogens (tertiary/aromatic N) is 1. The first-order chi connectivity index (χ1) is 9.24. The molecule has 0 saturated heterocycles. The molecule has 0 N–H and O–H groups in total. The van der Waals surface area contributed by atoms with Crippen molar-refractivity contribution < 1.29 is 13.9 Å². The lowest BCUT2D eigenvalue weighted by Crippen LogP contribution is -2.04. The topological polar surface area (TPSA) is 51.8 Å². The molecule has 5 heteroatoms. The maximum atomic E-state index is 11.7. The maximum absolute atomic E-state index is 11.7. The number of rotatable bonds is 2. The van der Waals surface area contributed by atoms with Gasteiger partial charge in [0, 0.05) is 4.47 Å². The zero-order valence-electron chi connectivity index (χ0n) is 9.67. The van der Waals surface area contributed by atoms with E-state index in [-0.39, 0.29) is 11.6 Å². The predicted molar refractivity (Wildman–Crippen MR) is 73.5 cm³/mol. The highest BCUT2D eigenvalue weighted by Crippen LogP contribution is 2.23. The van der Waals surface area contributed by atoms with Gasteiger partial charge in [0.15, 0.2) is 11.5 Å². The first kappa shape index (κ1) is 11.9. The number of benzene rings is 1. The Bertz CT molecular complexity index is 686. The molecule has 0 spiro atoms. The SMILES string of the molecule is O=C1OC(c2ccco2)=N/C1=C\c1ccccc1Br. The van der Waals surface area contributed by atoms with E-state index in [4.69, 9.17) is 9.15 Å². The minimum absolute atomic E-state index is 0.188. The first-order valence-corrected chi connectivity index (χ1v) is 6.34. The molecule has 0 amide bonds. The van der Waals surface area contributed by atoms with Gasteiger partial charge in [-0.15, -0.1) is 0 Å². The predicted octanol–water partition coefficient (Wildman–Crippen LogP) is 3.39. The Balaban J connectivity index is 1.98. The molecule has 1 aliphatic rings. The molecule has 0 saturated carbocycles. The zero-order valence-corrected chi connectivity index (χ0v) is 11.3. The maximum Gasteiger partial charge on any atom is 0.363 e. The summed E-state index contributed by atoms with van der Waals surface area (Å²) in [5.74, 6) is 0.138. The molecule has 2 aromatic rings. The summed E-state index contributed by atoms with van der Waals surface area (Å²) in [6.07, 6.45) is 3.17. The Hall–Kier alpha value is -2.14. The van der Waals surface area contributed by atoms with Crippen LogP contribution in [0.5, 0.6) is 0 Å². The van der Waals surface area contributed by atoms with E-state index in [0.717, 1.165) is 10.0 Å². The number of cyclic esters (lactones) is 1. The molecule has 0 fully saturated rings. The summed E-state index contributed by atoms with van der Waals surface area (Å²) in [5.41, 5.74) is 1.11. The van der Waals surface area contributed by atoms with Crippen molar-refractivity contribution in [1.29, 1.82) is 0 Å². The number of esters is 1. The molecule has 0 atom stereocenters. The minimum Gasteiger partial charge on any atom is -0.459 e. The largest absolute Gasteiger partial charge is 0.459 e. The highest BCUT2D eigenvalue weighted by atomic mass is 79.9. The molecule has 1 aliphatic heterocycles. The molecule has 0 aliphatic carbocycles. The first-order valence-electron chi connectivity index (χ1n) is 5.55. The van der Waals surface area contributed by atoms with Gasteiger partial charge in [-0.3, -0.25) is 0 Å². The summed E-state index contributed by atoms with van der Waals surface area (Å²) in [6, 6.07) is 11.0. The minimum atomic E-state index is -0.484. The van der Waals surface area contributed by atoms with Crippen molar-refractivity contribution in [3.63, 3.8) is 0 Å².